The van der Waals surface area contributed by atoms with Crippen molar-refractivity contribution in [3.63, 3.8) is 0 Å². The fraction of sp³-hybridized carbons (Fsp3) is 0.600. The molecule has 0 aliphatic carbocycles. The number of nitrogens with zero attached hydrogens (tertiary/aromatic N) is 1. The highest BCUT2D eigenvalue weighted by molar-refractivity contribution is 7.10. The standard InChI is InChI=1S/C10H16N2OS/c1-4-5-6-11-10-9(8(3)13)7(2)12-14-10/h11H,4-6H2,1-3H3. The van der Waals surface area contributed by atoms with Gasteiger partial charge in [0, 0.05) is 6.54 Å². The fourth-order valence-corrected chi connectivity index (χ4v) is 2.15. The van der Waals surface area contributed by atoms with Gasteiger partial charge in [-0.3, -0.25) is 4.79 Å². The largest absolute Gasteiger partial charge is 0.375 e. The average Bonchev–Trinajstić information content (AvgIpc) is 2.47. The van der Waals surface area contributed by atoms with Gasteiger partial charge in [-0.1, -0.05) is 13.3 Å². The number of anilines is 1. The third kappa shape index (κ3) is 2.54. The first-order valence-corrected chi connectivity index (χ1v) is 5.65. The number of aryl methyl sites for hydroxylation is 1. The van der Waals surface area contributed by atoms with Gasteiger partial charge in [0.1, 0.15) is 5.00 Å². The zero-order valence-corrected chi connectivity index (χ0v) is 9.70. The highest BCUT2D eigenvalue weighted by Crippen LogP contribution is 2.24. The van der Waals surface area contributed by atoms with Crippen molar-refractivity contribution in [3.8, 4) is 0 Å². The number of carbonyl (C=O) groups is 1. The molecule has 1 N–H and O–H groups in total. The lowest BCUT2D eigenvalue weighted by atomic mass is 10.2. The van der Waals surface area contributed by atoms with Gasteiger partial charge < -0.3 is 5.32 Å². The number of nitrogens with one attached hydrogen (secondary N) is 1. The van der Waals surface area contributed by atoms with Gasteiger partial charge >= 0.3 is 0 Å². The van der Waals surface area contributed by atoms with Crippen LogP contribution in [0.5, 0.6) is 0 Å². The van der Waals surface area contributed by atoms with Gasteiger partial charge in [-0.25, -0.2) is 0 Å². The molecule has 1 aromatic heterocycles. The van der Waals surface area contributed by atoms with Gasteiger partial charge in [0.2, 0.25) is 0 Å². The molecule has 0 radical (unpaired) electrons. The Morgan fingerprint density at radius 1 is 1.57 bits per heavy atom. The van der Waals surface area contributed by atoms with Crippen LogP contribution in [-0.4, -0.2) is 16.7 Å². The Labute approximate surface area is 88.7 Å². The second-order valence-electron chi connectivity index (χ2n) is 3.31. The normalized spacial score (nSPS) is 10.2. The minimum Gasteiger partial charge on any atom is -0.375 e. The molecule has 14 heavy (non-hydrogen) atoms. The van der Waals surface area contributed by atoms with E-state index in [1.165, 1.54) is 11.5 Å². The van der Waals surface area contributed by atoms with Crippen LogP contribution in [0.2, 0.25) is 0 Å². The molecular formula is C10H16N2OS. The first kappa shape index (κ1) is 11.2. The zero-order chi connectivity index (χ0) is 10.6. The highest BCUT2D eigenvalue weighted by atomic mass is 32.1. The Morgan fingerprint density at radius 3 is 2.86 bits per heavy atom. The van der Waals surface area contributed by atoms with Gasteiger partial charge in [-0.05, 0) is 31.8 Å². The highest BCUT2D eigenvalue weighted by Gasteiger charge is 2.13. The van der Waals surface area contributed by atoms with Crippen LogP contribution in [0.4, 0.5) is 5.00 Å². The third-order valence-corrected chi connectivity index (χ3v) is 2.93. The van der Waals surface area contributed by atoms with Crippen LogP contribution in [0.15, 0.2) is 0 Å². The lowest BCUT2D eigenvalue weighted by Crippen LogP contribution is -2.04. The first-order valence-electron chi connectivity index (χ1n) is 4.88. The van der Waals surface area contributed by atoms with E-state index in [1.807, 2.05) is 6.92 Å². The van der Waals surface area contributed by atoms with E-state index >= 15 is 0 Å². The van der Waals surface area contributed by atoms with E-state index < -0.39 is 0 Å². The molecule has 0 aliphatic rings. The summed E-state index contributed by atoms with van der Waals surface area (Å²) in [7, 11) is 0. The van der Waals surface area contributed by atoms with Crippen LogP contribution in [0.1, 0.15) is 42.7 Å². The fourth-order valence-electron chi connectivity index (χ4n) is 1.28. The number of unbranched alkanes of at least 4 members (excludes halogenated alkanes) is 1. The van der Waals surface area contributed by atoms with E-state index in [4.69, 9.17) is 0 Å². The predicted octanol–water partition coefficient (Wildman–Crippen LogP) is 2.87. The summed E-state index contributed by atoms with van der Waals surface area (Å²) in [6, 6.07) is 0. The molecule has 0 spiro atoms. The van der Waals surface area contributed by atoms with E-state index in [0.29, 0.717) is 0 Å². The van der Waals surface area contributed by atoms with Gasteiger partial charge in [0.05, 0.1) is 11.3 Å². The molecule has 0 fully saturated rings. The van der Waals surface area contributed by atoms with Crippen LogP contribution >= 0.6 is 11.5 Å². The molecule has 1 rings (SSSR count). The summed E-state index contributed by atoms with van der Waals surface area (Å²) in [4.78, 5) is 11.3. The number of rotatable bonds is 5. The maximum absolute atomic E-state index is 11.3. The van der Waals surface area contributed by atoms with Crippen molar-refractivity contribution < 1.29 is 4.79 Å². The van der Waals surface area contributed by atoms with Crippen LogP contribution in [0, 0.1) is 6.92 Å². The first-order chi connectivity index (χ1) is 6.66. The molecule has 0 saturated heterocycles. The number of aromatic nitrogens is 1. The number of hydrogen-bond acceptors (Lipinski definition) is 4. The Hall–Kier alpha value is -0.900. The summed E-state index contributed by atoms with van der Waals surface area (Å²) in [5, 5.41) is 4.17. The maximum Gasteiger partial charge on any atom is 0.164 e. The smallest absolute Gasteiger partial charge is 0.164 e. The van der Waals surface area contributed by atoms with E-state index in [9.17, 15) is 4.79 Å². The monoisotopic (exact) mass is 212 g/mol. The van der Waals surface area contributed by atoms with Crippen LogP contribution in [0.25, 0.3) is 0 Å². The molecule has 0 unspecified atom stereocenters. The predicted molar refractivity (Wildman–Crippen MR) is 60.3 cm³/mol. The number of hydrogen-bond donors (Lipinski definition) is 1. The lowest BCUT2D eigenvalue weighted by molar-refractivity contribution is 0.101. The van der Waals surface area contributed by atoms with Crippen molar-refractivity contribution in [2.45, 2.75) is 33.6 Å². The Kier molecular flexibility index (Phi) is 4.07. The summed E-state index contributed by atoms with van der Waals surface area (Å²) < 4.78 is 4.17. The van der Waals surface area contributed by atoms with Crippen LogP contribution in [0.3, 0.4) is 0 Å². The topological polar surface area (TPSA) is 42.0 Å². The molecule has 4 heteroatoms. The minimum absolute atomic E-state index is 0.0928. The van der Waals surface area contributed by atoms with E-state index in [2.05, 4.69) is 16.6 Å². The molecule has 0 saturated carbocycles. The summed E-state index contributed by atoms with van der Waals surface area (Å²) in [6.45, 7) is 6.52. The van der Waals surface area contributed by atoms with Crippen molar-refractivity contribution in [1.82, 2.24) is 4.37 Å². The Morgan fingerprint density at radius 2 is 2.29 bits per heavy atom. The molecule has 1 aromatic rings. The maximum atomic E-state index is 11.3. The molecule has 0 amide bonds. The van der Waals surface area contributed by atoms with Crippen molar-refractivity contribution >= 4 is 22.3 Å². The zero-order valence-electron chi connectivity index (χ0n) is 8.89. The molecule has 0 aromatic carbocycles. The second-order valence-corrected chi connectivity index (χ2v) is 4.08. The molecule has 3 nitrogen and oxygen atoms in total. The van der Waals surface area contributed by atoms with Gasteiger partial charge in [-0.2, -0.15) is 4.37 Å². The van der Waals surface area contributed by atoms with E-state index in [-0.39, 0.29) is 5.78 Å². The SMILES string of the molecule is CCCCNc1snc(C)c1C(C)=O. The molecule has 78 valence electrons. The summed E-state index contributed by atoms with van der Waals surface area (Å²) in [5.41, 5.74) is 1.59. The minimum atomic E-state index is 0.0928. The van der Waals surface area contributed by atoms with Crippen molar-refractivity contribution in [2.75, 3.05) is 11.9 Å². The van der Waals surface area contributed by atoms with Gasteiger partial charge in [0.15, 0.2) is 5.78 Å². The third-order valence-electron chi connectivity index (χ3n) is 2.03. The van der Waals surface area contributed by atoms with Crippen LogP contribution < -0.4 is 5.32 Å². The summed E-state index contributed by atoms with van der Waals surface area (Å²) >= 11 is 1.37. The van der Waals surface area contributed by atoms with E-state index in [0.717, 1.165) is 35.6 Å². The average molecular weight is 212 g/mol. The van der Waals surface area contributed by atoms with E-state index in [1.54, 1.807) is 6.92 Å². The number of ketones is 1. The summed E-state index contributed by atoms with van der Waals surface area (Å²) in [6.07, 6.45) is 2.27. The van der Waals surface area contributed by atoms with Crippen molar-refractivity contribution in [2.24, 2.45) is 0 Å². The summed E-state index contributed by atoms with van der Waals surface area (Å²) in [5.74, 6) is 0.0928. The molecular weight excluding hydrogens is 196 g/mol. The molecule has 0 aliphatic heterocycles. The number of Topliss-reactive ketones (excluding diaryl/α,β-unsaturated/α-hetero) is 1. The quantitative estimate of drug-likeness (QED) is 0.603. The van der Waals surface area contributed by atoms with Gasteiger partial charge in [0.25, 0.3) is 0 Å². The lowest BCUT2D eigenvalue weighted by Gasteiger charge is -2.03. The Balaban J connectivity index is 2.71. The molecule has 1 heterocycles. The van der Waals surface area contributed by atoms with Crippen molar-refractivity contribution in [3.05, 3.63) is 11.3 Å². The number of carbonyl (C=O) groups excluding carboxylic acids is 1. The molecule has 0 bridgehead atoms. The van der Waals surface area contributed by atoms with Crippen LogP contribution in [-0.2, 0) is 0 Å². The molecule has 0 atom stereocenters. The van der Waals surface area contributed by atoms with Gasteiger partial charge in [-0.15, -0.1) is 0 Å². The van der Waals surface area contributed by atoms with Crippen molar-refractivity contribution in [1.29, 1.82) is 0 Å². The Bertz CT molecular complexity index is 320. The second kappa shape index (κ2) is 5.10.